The molecule has 28 heavy (non-hydrogen) atoms. The highest BCUT2D eigenvalue weighted by atomic mass is 16.5. The van der Waals surface area contributed by atoms with Crippen LogP contribution in [0.25, 0.3) is 0 Å². The molecule has 1 N–H and O–H groups in total. The summed E-state index contributed by atoms with van der Waals surface area (Å²) in [5.41, 5.74) is 1.69. The Bertz CT molecular complexity index is 946. The molecule has 1 unspecified atom stereocenters. The van der Waals surface area contributed by atoms with E-state index >= 15 is 0 Å². The van der Waals surface area contributed by atoms with E-state index < -0.39 is 0 Å². The molecule has 1 aliphatic heterocycles. The fourth-order valence-corrected chi connectivity index (χ4v) is 3.52. The van der Waals surface area contributed by atoms with Gasteiger partial charge in [-0.05, 0) is 17.7 Å². The fraction of sp³-hybridized carbons (Fsp3) is 0.350. The highest BCUT2D eigenvalue weighted by Gasteiger charge is 2.31. The van der Waals surface area contributed by atoms with Gasteiger partial charge in [0.25, 0.3) is 5.91 Å². The number of imidazole rings is 1. The minimum Gasteiger partial charge on any atom is -0.497 e. The molecule has 0 saturated carbocycles. The number of carbonyl (C=O) groups excluding carboxylic acids is 1. The maximum Gasteiger partial charge on any atom is 0.257 e. The van der Waals surface area contributed by atoms with Crippen LogP contribution in [-0.4, -0.2) is 56.9 Å². The van der Waals surface area contributed by atoms with Crippen LogP contribution in [0.2, 0.25) is 0 Å². The van der Waals surface area contributed by atoms with Crippen molar-refractivity contribution in [3.63, 3.8) is 0 Å². The lowest BCUT2D eigenvalue weighted by Crippen LogP contribution is -2.49. The van der Waals surface area contributed by atoms with Crippen molar-refractivity contribution >= 4 is 5.91 Å². The Kier molecular flexibility index (Phi) is 5.12. The predicted octanol–water partition coefficient (Wildman–Crippen LogP) is 1.46. The zero-order valence-electron chi connectivity index (χ0n) is 16.1. The van der Waals surface area contributed by atoms with Crippen LogP contribution < -0.4 is 10.1 Å². The van der Waals surface area contributed by atoms with Crippen LogP contribution in [0.4, 0.5) is 0 Å². The number of nitrogens with zero attached hydrogens (tertiary/aromatic N) is 5. The summed E-state index contributed by atoms with van der Waals surface area (Å²) in [6.45, 7) is 2.70. The van der Waals surface area contributed by atoms with Crippen LogP contribution in [0.15, 0.2) is 49.1 Å². The van der Waals surface area contributed by atoms with Crippen molar-refractivity contribution in [3.8, 4) is 5.75 Å². The monoisotopic (exact) mass is 380 g/mol. The molecular formula is C20H24N6O2. The summed E-state index contributed by atoms with van der Waals surface area (Å²) in [5, 5.41) is 7.73. The first-order valence-corrected chi connectivity index (χ1v) is 9.30. The van der Waals surface area contributed by atoms with Crippen molar-refractivity contribution in [2.24, 2.45) is 7.05 Å². The number of hydrogen-bond acceptors (Lipinski definition) is 5. The number of aryl methyl sites for hydroxylation is 1. The Morgan fingerprint density at radius 3 is 2.86 bits per heavy atom. The van der Waals surface area contributed by atoms with E-state index in [0.29, 0.717) is 25.2 Å². The van der Waals surface area contributed by atoms with Gasteiger partial charge < -0.3 is 19.5 Å². The highest BCUT2D eigenvalue weighted by molar-refractivity contribution is 5.94. The molecule has 3 heterocycles. The molecular weight excluding hydrogens is 356 g/mol. The second kappa shape index (κ2) is 7.85. The van der Waals surface area contributed by atoms with Gasteiger partial charge in [-0.25, -0.2) is 4.98 Å². The number of ether oxygens (including phenoxy) is 1. The molecule has 1 atom stereocenters. The normalized spacial score (nSPS) is 16.9. The molecule has 1 fully saturated rings. The van der Waals surface area contributed by atoms with Gasteiger partial charge in [-0.2, -0.15) is 5.10 Å². The van der Waals surface area contributed by atoms with Gasteiger partial charge in [-0.15, -0.1) is 0 Å². The second-order valence-electron chi connectivity index (χ2n) is 6.89. The van der Waals surface area contributed by atoms with Crippen LogP contribution in [0.3, 0.4) is 0 Å². The SMILES string of the molecule is COc1ccc(Cn2cc(C(=O)N3CCNCC3c3nccn3C)cn2)cc1. The van der Waals surface area contributed by atoms with Crippen LogP contribution >= 0.6 is 0 Å². The zero-order chi connectivity index (χ0) is 19.5. The lowest BCUT2D eigenvalue weighted by Gasteiger charge is -2.35. The molecule has 1 aromatic carbocycles. The third kappa shape index (κ3) is 3.63. The topological polar surface area (TPSA) is 77.2 Å². The van der Waals surface area contributed by atoms with Crippen LogP contribution in [0, 0.1) is 0 Å². The highest BCUT2D eigenvalue weighted by Crippen LogP contribution is 2.22. The molecule has 0 aliphatic carbocycles. The molecule has 0 spiro atoms. The number of hydrogen-bond donors (Lipinski definition) is 1. The molecule has 4 rings (SSSR count). The fourth-order valence-electron chi connectivity index (χ4n) is 3.52. The number of benzene rings is 1. The summed E-state index contributed by atoms with van der Waals surface area (Å²) < 4.78 is 8.93. The summed E-state index contributed by atoms with van der Waals surface area (Å²) in [6, 6.07) is 7.74. The first kappa shape index (κ1) is 18.2. The van der Waals surface area contributed by atoms with E-state index in [0.717, 1.165) is 23.7 Å². The van der Waals surface area contributed by atoms with Gasteiger partial charge >= 0.3 is 0 Å². The maximum atomic E-state index is 13.2. The van der Waals surface area contributed by atoms with E-state index in [1.54, 1.807) is 24.2 Å². The summed E-state index contributed by atoms with van der Waals surface area (Å²) in [4.78, 5) is 19.5. The standard InChI is InChI=1S/C20H24N6O2/c1-24-9-8-22-19(24)18-12-21-7-10-26(18)20(27)16-11-23-25(14-16)13-15-3-5-17(28-2)6-4-15/h3-6,8-9,11,14,18,21H,7,10,12-13H2,1-2H3. The Morgan fingerprint density at radius 1 is 1.32 bits per heavy atom. The first-order valence-electron chi connectivity index (χ1n) is 9.30. The predicted molar refractivity (Wildman–Crippen MR) is 104 cm³/mol. The molecule has 0 radical (unpaired) electrons. The summed E-state index contributed by atoms with van der Waals surface area (Å²) in [6.07, 6.45) is 7.12. The lowest BCUT2D eigenvalue weighted by molar-refractivity contribution is 0.0621. The summed E-state index contributed by atoms with van der Waals surface area (Å²) >= 11 is 0. The van der Waals surface area contributed by atoms with E-state index in [1.165, 1.54) is 0 Å². The Hall–Kier alpha value is -3.13. The van der Waals surface area contributed by atoms with E-state index in [9.17, 15) is 4.79 Å². The molecule has 3 aromatic rings. The Balaban J connectivity index is 1.50. The molecule has 1 saturated heterocycles. The van der Waals surface area contributed by atoms with Crippen molar-refractivity contribution in [2.75, 3.05) is 26.7 Å². The molecule has 8 nitrogen and oxygen atoms in total. The van der Waals surface area contributed by atoms with E-state index in [4.69, 9.17) is 4.74 Å². The van der Waals surface area contributed by atoms with Crippen LogP contribution in [-0.2, 0) is 13.6 Å². The smallest absolute Gasteiger partial charge is 0.257 e. The molecule has 1 aliphatic rings. The summed E-state index contributed by atoms with van der Waals surface area (Å²) in [5.74, 6) is 1.68. The van der Waals surface area contributed by atoms with Crippen molar-refractivity contribution in [2.45, 2.75) is 12.6 Å². The van der Waals surface area contributed by atoms with Gasteiger partial charge in [-0.1, -0.05) is 12.1 Å². The van der Waals surface area contributed by atoms with Crippen molar-refractivity contribution in [3.05, 3.63) is 66.0 Å². The molecule has 8 heteroatoms. The second-order valence-corrected chi connectivity index (χ2v) is 6.89. The van der Waals surface area contributed by atoms with Crippen LogP contribution in [0.1, 0.15) is 27.8 Å². The maximum absolute atomic E-state index is 13.2. The number of nitrogens with one attached hydrogen (secondary N) is 1. The minimum atomic E-state index is -0.0915. The molecule has 1 amide bonds. The van der Waals surface area contributed by atoms with Crippen LogP contribution in [0.5, 0.6) is 5.75 Å². The van der Waals surface area contributed by atoms with Gasteiger partial charge in [0.05, 0.1) is 25.4 Å². The molecule has 0 bridgehead atoms. The van der Waals surface area contributed by atoms with E-state index in [1.807, 2.05) is 53.2 Å². The van der Waals surface area contributed by atoms with Gasteiger partial charge in [0.1, 0.15) is 17.6 Å². The zero-order valence-corrected chi connectivity index (χ0v) is 16.1. The average molecular weight is 380 g/mol. The third-order valence-electron chi connectivity index (χ3n) is 5.04. The third-order valence-corrected chi connectivity index (χ3v) is 5.04. The van der Waals surface area contributed by atoms with Gasteiger partial charge in [-0.3, -0.25) is 9.48 Å². The van der Waals surface area contributed by atoms with Gasteiger partial charge in [0.2, 0.25) is 0 Å². The van der Waals surface area contributed by atoms with Crippen molar-refractivity contribution < 1.29 is 9.53 Å². The number of rotatable bonds is 5. The Morgan fingerprint density at radius 2 is 2.14 bits per heavy atom. The lowest BCUT2D eigenvalue weighted by atomic mass is 10.1. The average Bonchev–Trinajstić information content (AvgIpc) is 3.37. The number of amides is 1. The van der Waals surface area contributed by atoms with E-state index in [-0.39, 0.29) is 11.9 Å². The Labute approximate surface area is 163 Å². The summed E-state index contributed by atoms with van der Waals surface area (Å²) in [7, 11) is 3.60. The quantitative estimate of drug-likeness (QED) is 0.725. The van der Waals surface area contributed by atoms with Gasteiger partial charge in [0, 0.05) is 45.3 Å². The largest absolute Gasteiger partial charge is 0.497 e. The number of carbonyl (C=O) groups is 1. The molecule has 146 valence electrons. The number of piperazine rings is 1. The molecule has 2 aromatic heterocycles. The van der Waals surface area contributed by atoms with Crippen molar-refractivity contribution in [1.29, 1.82) is 0 Å². The first-order chi connectivity index (χ1) is 13.7. The number of methoxy groups -OCH3 is 1. The van der Waals surface area contributed by atoms with E-state index in [2.05, 4.69) is 15.4 Å². The number of aromatic nitrogens is 4. The minimum absolute atomic E-state index is 0.0181. The van der Waals surface area contributed by atoms with Gasteiger partial charge in [0.15, 0.2) is 0 Å². The van der Waals surface area contributed by atoms with Crippen molar-refractivity contribution in [1.82, 2.24) is 29.5 Å².